The molecule has 0 bridgehead atoms. The first-order valence-corrected chi connectivity index (χ1v) is 8.69. The smallest absolute Gasteiger partial charge is 0.0736 e. The van der Waals surface area contributed by atoms with Crippen LogP contribution in [0.1, 0.15) is 0 Å². The number of pyridine rings is 1. The lowest BCUT2D eigenvalue weighted by atomic mass is 9.99. The van der Waals surface area contributed by atoms with Crippen LogP contribution in [0.25, 0.3) is 33.6 Å². The largest absolute Gasteiger partial charge is 0.399 e. The van der Waals surface area contributed by atoms with Gasteiger partial charge in [-0.25, -0.2) is 4.98 Å². The lowest BCUT2D eigenvalue weighted by Crippen LogP contribution is -1.96. The third-order valence-corrected chi connectivity index (χ3v) is 4.54. The topological polar surface area (TPSA) is 91.0 Å². The minimum absolute atomic E-state index is 0.687. The zero-order valence-electron chi connectivity index (χ0n) is 14.8. The molecule has 0 unspecified atom stereocenters. The van der Waals surface area contributed by atoms with Gasteiger partial charge in [-0.2, -0.15) is 0 Å². The van der Waals surface area contributed by atoms with Crippen molar-refractivity contribution in [1.82, 2.24) is 4.98 Å². The fraction of sp³-hybridized carbons (Fsp3) is 0. The summed E-state index contributed by atoms with van der Waals surface area (Å²) in [6.07, 6.45) is 0. The van der Waals surface area contributed by atoms with Crippen LogP contribution in [0.2, 0.25) is 0 Å². The maximum absolute atomic E-state index is 6.20. The Morgan fingerprint density at radius 1 is 0.519 bits per heavy atom. The molecular formula is C23H20N4. The van der Waals surface area contributed by atoms with E-state index in [1.165, 1.54) is 0 Å². The SMILES string of the molecule is Nc1ccc(-c2cc(-c3ccccc3N)nc(-c3ccccc3N)c2)cc1. The number of nitrogens with zero attached hydrogens (tertiary/aromatic N) is 1. The molecule has 0 aliphatic heterocycles. The van der Waals surface area contributed by atoms with E-state index in [1.54, 1.807) is 0 Å². The number of rotatable bonds is 3. The quantitative estimate of drug-likeness (QED) is 0.461. The zero-order chi connectivity index (χ0) is 18.8. The summed E-state index contributed by atoms with van der Waals surface area (Å²) in [6.45, 7) is 0. The fourth-order valence-corrected chi connectivity index (χ4v) is 3.11. The van der Waals surface area contributed by atoms with Gasteiger partial charge in [-0.15, -0.1) is 0 Å². The highest BCUT2D eigenvalue weighted by Crippen LogP contribution is 2.34. The maximum atomic E-state index is 6.20. The number of nitrogens with two attached hydrogens (primary N) is 3. The Kier molecular flexibility index (Phi) is 4.22. The molecule has 4 rings (SSSR count). The molecule has 0 saturated heterocycles. The molecule has 0 spiro atoms. The summed E-state index contributed by atoms with van der Waals surface area (Å²) in [4.78, 5) is 4.85. The van der Waals surface area contributed by atoms with Gasteiger partial charge in [0.2, 0.25) is 0 Å². The normalized spacial score (nSPS) is 10.7. The first kappa shape index (κ1) is 16.7. The van der Waals surface area contributed by atoms with Crippen molar-refractivity contribution in [2.24, 2.45) is 0 Å². The molecule has 0 aliphatic carbocycles. The Morgan fingerprint density at radius 2 is 1.00 bits per heavy atom. The summed E-state index contributed by atoms with van der Waals surface area (Å²) in [5.41, 5.74) is 25.8. The van der Waals surface area contributed by atoms with Gasteiger partial charge < -0.3 is 17.2 Å². The molecule has 0 saturated carbocycles. The molecule has 1 aromatic heterocycles. The molecule has 4 aromatic rings. The minimum Gasteiger partial charge on any atom is -0.399 e. The van der Waals surface area contributed by atoms with Crippen LogP contribution < -0.4 is 17.2 Å². The summed E-state index contributed by atoms with van der Waals surface area (Å²) >= 11 is 0. The van der Waals surface area contributed by atoms with E-state index in [1.807, 2.05) is 84.9 Å². The lowest BCUT2D eigenvalue weighted by molar-refractivity contribution is 1.32. The van der Waals surface area contributed by atoms with Crippen LogP contribution in [-0.4, -0.2) is 4.98 Å². The molecular weight excluding hydrogens is 332 g/mol. The first-order valence-electron chi connectivity index (χ1n) is 8.69. The zero-order valence-corrected chi connectivity index (χ0v) is 14.8. The van der Waals surface area contributed by atoms with Gasteiger partial charge in [0.15, 0.2) is 0 Å². The van der Waals surface area contributed by atoms with Crippen LogP contribution in [0, 0.1) is 0 Å². The number of anilines is 3. The van der Waals surface area contributed by atoms with Gasteiger partial charge in [0, 0.05) is 28.2 Å². The van der Waals surface area contributed by atoms with Crippen LogP contribution in [0.3, 0.4) is 0 Å². The Hall–Kier alpha value is -3.79. The lowest BCUT2D eigenvalue weighted by Gasteiger charge is -2.13. The second kappa shape index (κ2) is 6.84. The third-order valence-electron chi connectivity index (χ3n) is 4.54. The summed E-state index contributed by atoms with van der Waals surface area (Å²) in [7, 11) is 0. The van der Waals surface area contributed by atoms with Crippen molar-refractivity contribution in [1.29, 1.82) is 0 Å². The highest BCUT2D eigenvalue weighted by Gasteiger charge is 2.12. The van der Waals surface area contributed by atoms with E-state index in [9.17, 15) is 0 Å². The molecule has 0 atom stereocenters. The predicted molar refractivity (Wildman–Crippen MR) is 114 cm³/mol. The van der Waals surface area contributed by atoms with Crippen molar-refractivity contribution in [3.63, 3.8) is 0 Å². The average Bonchev–Trinajstić information content (AvgIpc) is 2.69. The predicted octanol–water partition coefficient (Wildman–Crippen LogP) is 4.83. The van der Waals surface area contributed by atoms with E-state index in [-0.39, 0.29) is 0 Å². The minimum atomic E-state index is 0.687. The summed E-state index contributed by atoms with van der Waals surface area (Å²) < 4.78 is 0. The Bertz CT molecular complexity index is 1040. The van der Waals surface area contributed by atoms with Crippen LogP contribution in [0.5, 0.6) is 0 Å². The van der Waals surface area contributed by atoms with E-state index >= 15 is 0 Å². The van der Waals surface area contributed by atoms with Gasteiger partial charge in [0.25, 0.3) is 0 Å². The van der Waals surface area contributed by atoms with E-state index < -0.39 is 0 Å². The number of hydrogen-bond donors (Lipinski definition) is 3. The molecule has 27 heavy (non-hydrogen) atoms. The Balaban J connectivity index is 1.95. The van der Waals surface area contributed by atoms with Crippen LogP contribution >= 0.6 is 0 Å². The number of hydrogen-bond acceptors (Lipinski definition) is 4. The highest BCUT2D eigenvalue weighted by atomic mass is 14.7. The first-order chi connectivity index (χ1) is 13.1. The van der Waals surface area contributed by atoms with E-state index in [0.29, 0.717) is 11.4 Å². The van der Waals surface area contributed by atoms with E-state index in [0.717, 1.165) is 39.3 Å². The molecule has 4 nitrogen and oxygen atoms in total. The maximum Gasteiger partial charge on any atom is 0.0736 e. The van der Waals surface area contributed by atoms with Gasteiger partial charge in [-0.1, -0.05) is 48.5 Å². The Morgan fingerprint density at radius 3 is 1.48 bits per heavy atom. The summed E-state index contributed by atoms with van der Waals surface area (Å²) in [5, 5.41) is 0. The molecule has 0 radical (unpaired) electrons. The second-order valence-electron chi connectivity index (χ2n) is 6.42. The summed E-state index contributed by atoms with van der Waals surface area (Å²) in [6, 6.07) is 27.3. The second-order valence-corrected chi connectivity index (χ2v) is 6.42. The molecule has 6 N–H and O–H groups in total. The molecule has 0 fully saturated rings. The van der Waals surface area contributed by atoms with E-state index in [4.69, 9.17) is 22.2 Å². The monoisotopic (exact) mass is 352 g/mol. The van der Waals surface area contributed by atoms with Crippen LogP contribution in [-0.2, 0) is 0 Å². The van der Waals surface area contributed by atoms with Gasteiger partial charge in [0.1, 0.15) is 0 Å². The summed E-state index contributed by atoms with van der Waals surface area (Å²) in [5.74, 6) is 0. The van der Waals surface area contributed by atoms with Crippen molar-refractivity contribution < 1.29 is 0 Å². The van der Waals surface area contributed by atoms with Gasteiger partial charge in [-0.05, 0) is 47.5 Å². The number of para-hydroxylation sites is 2. The molecule has 4 heteroatoms. The number of aromatic nitrogens is 1. The number of nitrogen functional groups attached to an aromatic ring is 3. The van der Waals surface area contributed by atoms with Crippen LogP contribution in [0.15, 0.2) is 84.9 Å². The van der Waals surface area contributed by atoms with Crippen molar-refractivity contribution >= 4 is 17.1 Å². The van der Waals surface area contributed by atoms with Crippen molar-refractivity contribution in [3.8, 4) is 33.6 Å². The molecule has 1 heterocycles. The molecule has 3 aromatic carbocycles. The third kappa shape index (κ3) is 3.33. The van der Waals surface area contributed by atoms with Gasteiger partial charge in [0.05, 0.1) is 11.4 Å². The van der Waals surface area contributed by atoms with Crippen LogP contribution in [0.4, 0.5) is 17.1 Å². The molecule has 0 aliphatic rings. The Labute approximate surface area is 158 Å². The van der Waals surface area contributed by atoms with Crippen molar-refractivity contribution in [2.75, 3.05) is 17.2 Å². The average molecular weight is 352 g/mol. The van der Waals surface area contributed by atoms with Crippen molar-refractivity contribution in [2.45, 2.75) is 0 Å². The van der Waals surface area contributed by atoms with Crippen molar-refractivity contribution in [3.05, 3.63) is 84.9 Å². The van der Waals surface area contributed by atoms with E-state index in [2.05, 4.69) is 0 Å². The van der Waals surface area contributed by atoms with Gasteiger partial charge >= 0.3 is 0 Å². The fourth-order valence-electron chi connectivity index (χ4n) is 3.11. The van der Waals surface area contributed by atoms with Gasteiger partial charge in [-0.3, -0.25) is 0 Å². The standard InChI is InChI=1S/C23H20N4/c24-17-11-9-15(10-12-17)16-13-22(18-5-1-3-7-20(18)25)27-23(14-16)19-6-2-4-8-21(19)26/h1-14H,24-26H2. The molecule has 0 amide bonds. The molecule has 132 valence electrons. The highest BCUT2D eigenvalue weighted by molar-refractivity contribution is 5.83. The number of benzene rings is 3.